The topological polar surface area (TPSA) is 77.8 Å². The van der Waals surface area contributed by atoms with Gasteiger partial charge in [-0.15, -0.1) is 0 Å². The van der Waals surface area contributed by atoms with Crippen LogP contribution in [0, 0.1) is 0 Å². The van der Waals surface area contributed by atoms with E-state index in [4.69, 9.17) is 11.5 Å². The Morgan fingerprint density at radius 2 is 1.90 bits per heavy atom. The summed E-state index contributed by atoms with van der Waals surface area (Å²) in [6, 6.07) is 9.99. The Balaban J connectivity index is 2.41. The Kier molecular flexibility index (Phi) is 3.14. The third kappa shape index (κ3) is 2.03. The fourth-order valence-corrected chi connectivity index (χ4v) is 2.64. The average molecular weight is 266 g/mol. The molecule has 0 saturated heterocycles. The average Bonchev–Trinajstić information content (AvgIpc) is 2.45. The van der Waals surface area contributed by atoms with Gasteiger partial charge in [0.2, 0.25) is 0 Å². The zero-order chi connectivity index (χ0) is 14.1. The standard InChI is InChI=1S/C16H18N4/c1-2-3-6-10-9-13(17)20-15-14(10)11-7-4-5-8-12(11)19-16(15)18/h4-5,7-9H,2-3,6H2,1H3,(H2,17,20)(H2,18,19). The number of nitrogens with two attached hydrogens (primary N) is 2. The maximum absolute atomic E-state index is 6.06. The molecule has 0 saturated carbocycles. The van der Waals surface area contributed by atoms with Gasteiger partial charge in [0.25, 0.3) is 0 Å². The first-order valence-corrected chi connectivity index (χ1v) is 6.94. The summed E-state index contributed by atoms with van der Waals surface area (Å²) in [5, 5.41) is 2.19. The van der Waals surface area contributed by atoms with Crippen LogP contribution in [0.3, 0.4) is 0 Å². The lowest BCUT2D eigenvalue weighted by Gasteiger charge is -2.11. The molecule has 0 spiro atoms. The molecule has 3 aromatic rings. The van der Waals surface area contributed by atoms with Crippen LogP contribution in [0.5, 0.6) is 0 Å². The summed E-state index contributed by atoms with van der Waals surface area (Å²) in [5.41, 5.74) is 14.8. The summed E-state index contributed by atoms with van der Waals surface area (Å²) < 4.78 is 0. The van der Waals surface area contributed by atoms with E-state index in [9.17, 15) is 0 Å². The van der Waals surface area contributed by atoms with Crippen LogP contribution in [0.1, 0.15) is 25.3 Å². The van der Waals surface area contributed by atoms with E-state index in [-0.39, 0.29) is 0 Å². The smallest absolute Gasteiger partial charge is 0.150 e. The minimum Gasteiger partial charge on any atom is -0.384 e. The Morgan fingerprint density at radius 1 is 1.10 bits per heavy atom. The second-order valence-corrected chi connectivity index (χ2v) is 5.05. The minimum atomic E-state index is 0.448. The Bertz CT molecular complexity index is 780. The summed E-state index contributed by atoms with van der Waals surface area (Å²) in [5.74, 6) is 0.955. The molecule has 1 aromatic carbocycles. The summed E-state index contributed by atoms with van der Waals surface area (Å²) >= 11 is 0. The molecular formula is C16H18N4. The van der Waals surface area contributed by atoms with Gasteiger partial charge in [-0.05, 0) is 30.5 Å². The fraction of sp³-hybridized carbons (Fsp3) is 0.250. The van der Waals surface area contributed by atoms with E-state index in [1.165, 1.54) is 5.56 Å². The zero-order valence-electron chi connectivity index (χ0n) is 11.6. The number of aromatic nitrogens is 2. The van der Waals surface area contributed by atoms with Crippen LogP contribution in [0.25, 0.3) is 21.8 Å². The molecule has 4 N–H and O–H groups in total. The molecule has 0 bridgehead atoms. The van der Waals surface area contributed by atoms with Crippen molar-refractivity contribution < 1.29 is 0 Å². The number of hydrogen-bond donors (Lipinski definition) is 2. The maximum Gasteiger partial charge on any atom is 0.150 e. The maximum atomic E-state index is 6.06. The molecular weight excluding hydrogens is 248 g/mol. The van der Waals surface area contributed by atoms with Gasteiger partial charge in [0.1, 0.15) is 11.3 Å². The first kappa shape index (κ1) is 12.7. The molecule has 0 unspecified atom stereocenters. The largest absolute Gasteiger partial charge is 0.384 e. The highest BCUT2D eigenvalue weighted by Crippen LogP contribution is 2.31. The number of pyridine rings is 2. The van der Waals surface area contributed by atoms with Gasteiger partial charge in [0.05, 0.1) is 5.52 Å². The van der Waals surface area contributed by atoms with E-state index < -0.39 is 0 Å². The van der Waals surface area contributed by atoms with E-state index in [1.807, 2.05) is 24.3 Å². The number of hydrogen-bond acceptors (Lipinski definition) is 4. The highest BCUT2D eigenvalue weighted by Gasteiger charge is 2.12. The minimum absolute atomic E-state index is 0.448. The van der Waals surface area contributed by atoms with E-state index in [0.29, 0.717) is 11.6 Å². The van der Waals surface area contributed by atoms with Gasteiger partial charge in [-0.1, -0.05) is 31.5 Å². The van der Waals surface area contributed by atoms with Crippen molar-refractivity contribution in [3.63, 3.8) is 0 Å². The second kappa shape index (κ2) is 4.96. The molecule has 0 atom stereocenters. The number of rotatable bonds is 3. The number of para-hydroxylation sites is 1. The van der Waals surface area contributed by atoms with E-state index in [1.54, 1.807) is 0 Å². The van der Waals surface area contributed by atoms with Crippen molar-refractivity contribution in [3.8, 4) is 0 Å². The van der Waals surface area contributed by atoms with E-state index >= 15 is 0 Å². The monoisotopic (exact) mass is 266 g/mol. The summed E-state index contributed by atoms with van der Waals surface area (Å²) in [4.78, 5) is 8.81. The molecule has 20 heavy (non-hydrogen) atoms. The third-order valence-corrected chi connectivity index (χ3v) is 3.58. The summed E-state index contributed by atoms with van der Waals surface area (Å²) in [6.07, 6.45) is 3.24. The molecule has 102 valence electrons. The van der Waals surface area contributed by atoms with Crippen LogP contribution in [-0.2, 0) is 6.42 Å². The number of nitrogens with zero attached hydrogens (tertiary/aromatic N) is 2. The molecule has 0 amide bonds. The van der Waals surface area contributed by atoms with Gasteiger partial charge in [-0.25, -0.2) is 9.97 Å². The molecule has 4 nitrogen and oxygen atoms in total. The quantitative estimate of drug-likeness (QED) is 0.713. The van der Waals surface area contributed by atoms with Crippen LogP contribution < -0.4 is 11.5 Å². The fourth-order valence-electron chi connectivity index (χ4n) is 2.64. The SMILES string of the molecule is CCCCc1cc(N)nc2c(N)nc3ccccc3c12. The molecule has 0 aliphatic rings. The van der Waals surface area contributed by atoms with E-state index in [2.05, 4.69) is 23.0 Å². The molecule has 0 fully saturated rings. The normalized spacial score (nSPS) is 11.2. The summed E-state index contributed by atoms with van der Waals surface area (Å²) in [6.45, 7) is 2.18. The van der Waals surface area contributed by atoms with Crippen molar-refractivity contribution in [1.29, 1.82) is 0 Å². The van der Waals surface area contributed by atoms with Gasteiger partial charge in [0.15, 0.2) is 5.82 Å². The van der Waals surface area contributed by atoms with Crippen molar-refractivity contribution in [2.24, 2.45) is 0 Å². The second-order valence-electron chi connectivity index (χ2n) is 5.05. The van der Waals surface area contributed by atoms with Gasteiger partial charge in [0, 0.05) is 10.8 Å². The van der Waals surface area contributed by atoms with Crippen LogP contribution >= 0.6 is 0 Å². The molecule has 0 radical (unpaired) electrons. The van der Waals surface area contributed by atoms with Gasteiger partial charge in [-0.3, -0.25) is 0 Å². The van der Waals surface area contributed by atoms with Gasteiger partial charge in [-0.2, -0.15) is 0 Å². The van der Waals surface area contributed by atoms with Gasteiger partial charge >= 0.3 is 0 Å². The first-order chi connectivity index (χ1) is 9.70. The Labute approximate surface area is 117 Å². The van der Waals surface area contributed by atoms with E-state index in [0.717, 1.165) is 41.1 Å². The van der Waals surface area contributed by atoms with Crippen LogP contribution in [0.2, 0.25) is 0 Å². The lowest BCUT2D eigenvalue weighted by molar-refractivity contribution is 0.799. The number of benzene rings is 1. The third-order valence-electron chi connectivity index (χ3n) is 3.58. The highest BCUT2D eigenvalue weighted by atomic mass is 14.9. The lowest BCUT2D eigenvalue weighted by Crippen LogP contribution is -2.01. The first-order valence-electron chi connectivity index (χ1n) is 6.94. The number of anilines is 2. The number of fused-ring (bicyclic) bond motifs is 3. The Hall–Kier alpha value is -2.36. The predicted octanol–water partition coefficient (Wildman–Crippen LogP) is 3.29. The molecule has 2 heterocycles. The van der Waals surface area contributed by atoms with Crippen molar-refractivity contribution in [2.75, 3.05) is 11.5 Å². The predicted molar refractivity (Wildman–Crippen MR) is 84.5 cm³/mol. The molecule has 3 rings (SSSR count). The van der Waals surface area contributed by atoms with Crippen molar-refractivity contribution in [2.45, 2.75) is 26.2 Å². The number of nitrogen functional groups attached to an aromatic ring is 2. The van der Waals surface area contributed by atoms with Gasteiger partial charge < -0.3 is 11.5 Å². The lowest BCUT2D eigenvalue weighted by atomic mass is 10.00. The van der Waals surface area contributed by atoms with Crippen molar-refractivity contribution in [3.05, 3.63) is 35.9 Å². The zero-order valence-corrected chi connectivity index (χ0v) is 11.6. The van der Waals surface area contributed by atoms with Crippen LogP contribution in [-0.4, -0.2) is 9.97 Å². The Morgan fingerprint density at radius 3 is 2.70 bits per heavy atom. The van der Waals surface area contributed by atoms with Crippen molar-refractivity contribution >= 4 is 33.4 Å². The molecule has 4 heteroatoms. The van der Waals surface area contributed by atoms with Crippen LogP contribution in [0.4, 0.5) is 11.6 Å². The summed E-state index contributed by atoms with van der Waals surface area (Å²) in [7, 11) is 0. The number of aryl methyl sites for hydroxylation is 1. The van der Waals surface area contributed by atoms with Crippen molar-refractivity contribution in [1.82, 2.24) is 9.97 Å². The van der Waals surface area contributed by atoms with Crippen LogP contribution in [0.15, 0.2) is 30.3 Å². The highest BCUT2D eigenvalue weighted by molar-refractivity contribution is 6.10. The number of unbranched alkanes of at least 4 members (excludes halogenated alkanes) is 1. The molecule has 0 aliphatic heterocycles. The molecule has 2 aromatic heterocycles. The molecule has 0 aliphatic carbocycles.